The number of fused-ring (bicyclic) bond motifs is 2. The van der Waals surface area contributed by atoms with E-state index >= 15 is 0 Å². The van der Waals surface area contributed by atoms with Crippen LogP contribution in [0.4, 0.5) is 11.6 Å². The van der Waals surface area contributed by atoms with Gasteiger partial charge in [0.25, 0.3) is 0 Å². The van der Waals surface area contributed by atoms with Gasteiger partial charge in [0.15, 0.2) is 5.65 Å². The molecule has 0 bridgehead atoms. The molecule has 0 radical (unpaired) electrons. The van der Waals surface area contributed by atoms with E-state index in [9.17, 15) is 5.11 Å². The minimum Gasteiger partial charge on any atom is -0.393 e. The SMILES string of the molecule is Cc1n[nH]c2cc(Nc3nc4cccc(C[C@H]5CC[C@@H](O)CC5)n4n3)ccc12. The van der Waals surface area contributed by atoms with Gasteiger partial charge in [-0.05, 0) is 75.3 Å². The number of pyridine rings is 1. The summed E-state index contributed by atoms with van der Waals surface area (Å²) in [5, 5.41) is 26.1. The molecule has 1 aliphatic carbocycles. The maximum Gasteiger partial charge on any atom is 0.247 e. The van der Waals surface area contributed by atoms with E-state index in [-0.39, 0.29) is 6.10 Å². The summed E-state index contributed by atoms with van der Waals surface area (Å²) in [5.41, 5.74) is 4.92. The van der Waals surface area contributed by atoms with Crippen LogP contribution in [0.2, 0.25) is 0 Å². The molecule has 0 atom stereocenters. The molecule has 7 heteroatoms. The largest absolute Gasteiger partial charge is 0.393 e. The molecule has 0 spiro atoms. The Bertz CT molecular complexity index is 1120. The number of aromatic nitrogens is 5. The van der Waals surface area contributed by atoms with Crippen molar-refractivity contribution in [1.82, 2.24) is 24.8 Å². The summed E-state index contributed by atoms with van der Waals surface area (Å²) in [6.45, 7) is 1.99. The zero-order chi connectivity index (χ0) is 19.1. The minimum absolute atomic E-state index is 0.120. The van der Waals surface area contributed by atoms with Gasteiger partial charge in [0.05, 0.1) is 17.3 Å². The van der Waals surface area contributed by atoms with Crippen LogP contribution in [0.5, 0.6) is 0 Å². The topological polar surface area (TPSA) is 91.1 Å². The number of aromatic amines is 1. The lowest BCUT2D eigenvalue weighted by atomic mass is 9.84. The van der Waals surface area contributed by atoms with Crippen molar-refractivity contribution in [2.45, 2.75) is 45.1 Å². The van der Waals surface area contributed by atoms with Crippen LogP contribution in [0.1, 0.15) is 37.1 Å². The average molecular weight is 376 g/mol. The lowest BCUT2D eigenvalue weighted by Gasteiger charge is -2.25. The van der Waals surface area contributed by atoms with Gasteiger partial charge in [-0.15, -0.1) is 5.10 Å². The second kappa shape index (κ2) is 6.91. The summed E-state index contributed by atoms with van der Waals surface area (Å²) in [6, 6.07) is 12.2. The van der Waals surface area contributed by atoms with Crippen LogP contribution in [0.3, 0.4) is 0 Å². The zero-order valence-corrected chi connectivity index (χ0v) is 15.9. The van der Waals surface area contributed by atoms with E-state index < -0.39 is 0 Å². The number of hydrogen-bond acceptors (Lipinski definition) is 5. The third-order valence-corrected chi connectivity index (χ3v) is 5.76. The van der Waals surface area contributed by atoms with Crippen LogP contribution >= 0.6 is 0 Å². The first-order valence-electron chi connectivity index (χ1n) is 9.90. The Morgan fingerprint density at radius 3 is 2.89 bits per heavy atom. The van der Waals surface area contributed by atoms with Gasteiger partial charge >= 0.3 is 0 Å². The summed E-state index contributed by atoms with van der Waals surface area (Å²) in [7, 11) is 0. The molecule has 0 aliphatic heterocycles. The van der Waals surface area contributed by atoms with E-state index in [0.717, 1.165) is 60.0 Å². The Balaban J connectivity index is 1.39. The Morgan fingerprint density at radius 2 is 2.04 bits per heavy atom. The number of aliphatic hydroxyl groups excluding tert-OH is 1. The molecule has 4 aromatic rings. The molecule has 0 amide bonds. The highest BCUT2D eigenvalue weighted by atomic mass is 16.3. The molecule has 1 aliphatic rings. The Kier molecular flexibility index (Phi) is 4.24. The van der Waals surface area contributed by atoms with Crippen molar-refractivity contribution >= 4 is 28.2 Å². The Hall–Kier alpha value is -2.93. The van der Waals surface area contributed by atoms with E-state index in [1.54, 1.807) is 0 Å². The monoisotopic (exact) mass is 376 g/mol. The number of H-pyrrole nitrogens is 1. The summed E-state index contributed by atoms with van der Waals surface area (Å²) in [4.78, 5) is 4.63. The van der Waals surface area contributed by atoms with Crippen molar-refractivity contribution in [2.24, 2.45) is 5.92 Å². The molecule has 3 heterocycles. The highest BCUT2D eigenvalue weighted by Gasteiger charge is 2.21. The number of nitrogens with zero attached hydrogens (tertiary/aromatic N) is 4. The van der Waals surface area contributed by atoms with Gasteiger partial charge in [-0.2, -0.15) is 10.1 Å². The zero-order valence-electron chi connectivity index (χ0n) is 15.9. The molecule has 144 valence electrons. The molecule has 1 saturated carbocycles. The van der Waals surface area contributed by atoms with Crippen molar-refractivity contribution in [1.29, 1.82) is 0 Å². The van der Waals surface area contributed by atoms with E-state index in [1.165, 1.54) is 5.69 Å². The quantitative estimate of drug-likeness (QED) is 0.505. The van der Waals surface area contributed by atoms with Crippen molar-refractivity contribution in [3.63, 3.8) is 0 Å². The van der Waals surface area contributed by atoms with Gasteiger partial charge in [0.2, 0.25) is 5.95 Å². The van der Waals surface area contributed by atoms with E-state index in [2.05, 4.69) is 32.6 Å². The molecule has 7 nitrogen and oxygen atoms in total. The molecule has 1 fully saturated rings. The molecule has 0 saturated heterocycles. The van der Waals surface area contributed by atoms with Crippen LogP contribution in [0, 0.1) is 12.8 Å². The number of aliphatic hydroxyl groups is 1. The molecule has 0 unspecified atom stereocenters. The first-order chi connectivity index (χ1) is 13.7. The first kappa shape index (κ1) is 17.2. The second-order valence-corrected chi connectivity index (χ2v) is 7.80. The normalized spacial score (nSPS) is 20.1. The minimum atomic E-state index is -0.120. The van der Waals surface area contributed by atoms with Gasteiger partial charge in [0, 0.05) is 16.8 Å². The van der Waals surface area contributed by atoms with Gasteiger partial charge < -0.3 is 10.4 Å². The summed E-state index contributed by atoms with van der Waals surface area (Å²) >= 11 is 0. The summed E-state index contributed by atoms with van der Waals surface area (Å²) in [5.74, 6) is 1.18. The Labute approximate surface area is 162 Å². The van der Waals surface area contributed by atoms with Gasteiger partial charge in [0.1, 0.15) is 0 Å². The lowest BCUT2D eigenvalue weighted by Crippen LogP contribution is -2.20. The van der Waals surface area contributed by atoms with Crippen molar-refractivity contribution in [3.8, 4) is 0 Å². The number of rotatable bonds is 4. The first-order valence-corrected chi connectivity index (χ1v) is 9.90. The highest BCUT2D eigenvalue weighted by molar-refractivity contribution is 5.84. The van der Waals surface area contributed by atoms with Crippen molar-refractivity contribution in [3.05, 3.63) is 47.8 Å². The Morgan fingerprint density at radius 1 is 1.18 bits per heavy atom. The highest BCUT2D eigenvalue weighted by Crippen LogP contribution is 2.28. The number of nitrogens with one attached hydrogen (secondary N) is 2. The van der Waals surface area contributed by atoms with Crippen molar-refractivity contribution in [2.75, 3.05) is 5.32 Å². The van der Waals surface area contributed by atoms with Crippen LogP contribution in [0.25, 0.3) is 16.6 Å². The number of hydrogen-bond donors (Lipinski definition) is 3. The van der Waals surface area contributed by atoms with E-state index in [1.807, 2.05) is 35.7 Å². The van der Waals surface area contributed by atoms with Gasteiger partial charge in [-0.3, -0.25) is 5.10 Å². The fourth-order valence-corrected chi connectivity index (χ4v) is 4.17. The summed E-state index contributed by atoms with van der Waals surface area (Å²) in [6.07, 6.45) is 4.79. The third kappa shape index (κ3) is 3.22. The molecule has 3 N–H and O–H groups in total. The van der Waals surface area contributed by atoms with Crippen LogP contribution in [0.15, 0.2) is 36.4 Å². The van der Waals surface area contributed by atoms with Crippen LogP contribution < -0.4 is 5.32 Å². The van der Waals surface area contributed by atoms with Gasteiger partial charge in [-0.25, -0.2) is 4.52 Å². The van der Waals surface area contributed by atoms with E-state index in [4.69, 9.17) is 5.10 Å². The molecule has 28 heavy (non-hydrogen) atoms. The van der Waals surface area contributed by atoms with Gasteiger partial charge in [-0.1, -0.05) is 6.07 Å². The maximum absolute atomic E-state index is 9.73. The third-order valence-electron chi connectivity index (χ3n) is 5.76. The standard InChI is InChI=1S/C21H24N6O/c1-13-18-10-7-15(12-19(18)25-24-13)22-21-23-20-4-2-3-16(27(20)26-21)11-14-5-8-17(28)9-6-14/h2-4,7,10,12,14,17,28H,5-6,8-9,11H2,1H3,(H,22,26)(H,24,25)/t14-,17+. The predicted molar refractivity (Wildman–Crippen MR) is 109 cm³/mol. The molecule has 3 aromatic heterocycles. The molecule has 5 rings (SSSR count). The molecular formula is C21H24N6O. The lowest BCUT2D eigenvalue weighted by molar-refractivity contribution is 0.108. The summed E-state index contributed by atoms with van der Waals surface area (Å²) < 4.78 is 1.94. The predicted octanol–water partition coefficient (Wildman–Crippen LogP) is 3.75. The van der Waals surface area contributed by atoms with E-state index in [0.29, 0.717) is 11.9 Å². The smallest absolute Gasteiger partial charge is 0.247 e. The number of benzene rings is 1. The van der Waals surface area contributed by atoms with Crippen LogP contribution in [-0.2, 0) is 6.42 Å². The fourth-order valence-electron chi connectivity index (χ4n) is 4.17. The molecular weight excluding hydrogens is 352 g/mol. The van der Waals surface area contributed by atoms with Crippen LogP contribution in [-0.4, -0.2) is 36.0 Å². The second-order valence-electron chi connectivity index (χ2n) is 7.80. The maximum atomic E-state index is 9.73. The fraction of sp³-hybridized carbons (Fsp3) is 0.381. The number of aryl methyl sites for hydroxylation is 1. The number of anilines is 2. The average Bonchev–Trinajstić information content (AvgIpc) is 3.27. The molecule has 1 aromatic carbocycles. The van der Waals surface area contributed by atoms with Crippen molar-refractivity contribution < 1.29 is 5.11 Å².